The molecule has 1 rings (SSSR count). The molecule has 0 aliphatic rings. The Morgan fingerprint density at radius 1 is 1.13 bits per heavy atom. The van der Waals surface area contributed by atoms with Crippen molar-refractivity contribution in [3.05, 3.63) is 34.9 Å². The van der Waals surface area contributed by atoms with Crippen LogP contribution in [0.5, 0.6) is 0 Å². The maximum absolute atomic E-state index is 3.81. The first-order valence-electron chi connectivity index (χ1n) is 5.85. The number of alkyl halides is 1. The Morgan fingerprint density at radius 2 is 1.80 bits per heavy atom. The Hall–Kier alpha value is -0.300. The second kappa shape index (κ2) is 5.69. The topological polar surface area (TPSA) is 0 Å². The van der Waals surface area contributed by atoms with Crippen LogP contribution in [0.4, 0.5) is 0 Å². The Labute approximate surface area is 102 Å². The smallest absolute Gasteiger partial charge is 0.0421 e. The molecule has 0 aliphatic carbocycles. The second-order valence-electron chi connectivity index (χ2n) is 4.39. The lowest BCUT2D eigenvalue weighted by Crippen LogP contribution is -2.03. The highest BCUT2D eigenvalue weighted by molar-refractivity contribution is 9.09. The molecule has 0 saturated heterocycles. The van der Waals surface area contributed by atoms with E-state index in [1.807, 2.05) is 0 Å². The first-order valence-corrected chi connectivity index (χ1v) is 6.77. The fourth-order valence-corrected chi connectivity index (χ4v) is 2.23. The van der Waals surface area contributed by atoms with Crippen molar-refractivity contribution < 1.29 is 0 Å². The predicted octanol–water partition coefficient (Wildman–Crippen LogP) is 4.90. The molecular weight excluding hydrogens is 248 g/mol. The van der Waals surface area contributed by atoms with E-state index in [0.29, 0.717) is 10.7 Å². The minimum atomic E-state index is 0.485. The summed E-state index contributed by atoms with van der Waals surface area (Å²) in [5, 5.41) is 0. The number of rotatable bonds is 4. The van der Waals surface area contributed by atoms with Gasteiger partial charge in [-0.05, 0) is 35.4 Å². The van der Waals surface area contributed by atoms with Crippen LogP contribution in [0.15, 0.2) is 18.2 Å². The van der Waals surface area contributed by atoms with Crippen LogP contribution in [-0.2, 0) is 12.8 Å². The van der Waals surface area contributed by atoms with Gasteiger partial charge in [0.2, 0.25) is 0 Å². The van der Waals surface area contributed by atoms with E-state index in [-0.39, 0.29) is 0 Å². The number of hydrogen-bond donors (Lipinski definition) is 0. The van der Waals surface area contributed by atoms with Crippen molar-refractivity contribution >= 4 is 15.9 Å². The molecule has 1 unspecified atom stereocenters. The summed E-state index contributed by atoms with van der Waals surface area (Å²) in [4.78, 5) is 0.485. The maximum atomic E-state index is 3.81. The fraction of sp³-hybridized carbons (Fsp3) is 0.571. The molecule has 1 atom stereocenters. The van der Waals surface area contributed by atoms with Crippen molar-refractivity contribution in [3.8, 4) is 0 Å². The zero-order valence-electron chi connectivity index (χ0n) is 10.2. The number of benzene rings is 1. The van der Waals surface area contributed by atoms with Crippen LogP contribution in [0.2, 0.25) is 0 Å². The summed E-state index contributed by atoms with van der Waals surface area (Å²) in [6.07, 6.45) is 2.24. The number of hydrogen-bond acceptors (Lipinski definition) is 0. The van der Waals surface area contributed by atoms with Crippen molar-refractivity contribution in [2.45, 2.75) is 45.4 Å². The molecule has 0 spiro atoms. The average molecular weight is 269 g/mol. The van der Waals surface area contributed by atoms with Gasteiger partial charge in [-0.1, -0.05) is 61.8 Å². The Morgan fingerprint density at radius 3 is 2.27 bits per heavy atom. The van der Waals surface area contributed by atoms with E-state index in [4.69, 9.17) is 0 Å². The molecule has 0 fully saturated rings. The van der Waals surface area contributed by atoms with Gasteiger partial charge in [0.05, 0.1) is 0 Å². The van der Waals surface area contributed by atoms with Gasteiger partial charge in [0.25, 0.3) is 0 Å². The molecule has 0 N–H and O–H groups in total. The van der Waals surface area contributed by atoms with Crippen LogP contribution < -0.4 is 0 Å². The van der Waals surface area contributed by atoms with Crippen molar-refractivity contribution in [3.63, 3.8) is 0 Å². The van der Waals surface area contributed by atoms with E-state index < -0.39 is 0 Å². The van der Waals surface area contributed by atoms with Crippen molar-refractivity contribution in [2.75, 3.05) is 0 Å². The third kappa shape index (κ3) is 3.07. The van der Waals surface area contributed by atoms with Gasteiger partial charge >= 0.3 is 0 Å². The summed E-state index contributed by atoms with van der Waals surface area (Å²) < 4.78 is 0. The molecule has 0 aromatic heterocycles. The molecule has 1 aromatic rings. The first-order chi connectivity index (χ1) is 7.10. The Bertz CT molecular complexity index is 315. The van der Waals surface area contributed by atoms with Crippen molar-refractivity contribution in [2.24, 2.45) is 5.92 Å². The van der Waals surface area contributed by atoms with Gasteiger partial charge in [0, 0.05) is 4.83 Å². The van der Waals surface area contributed by atoms with Crippen LogP contribution in [0.1, 0.15) is 49.2 Å². The molecule has 1 heteroatoms. The van der Waals surface area contributed by atoms with Crippen LogP contribution >= 0.6 is 15.9 Å². The number of aryl methyl sites for hydroxylation is 2. The van der Waals surface area contributed by atoms with Gasteiger partial charge in [0.15, 0.2) is 0 Å². The summed E-state index contributed by atoms with van der Waals surface area (Å²) in [5.74, 6) is 0.641. The molecule has 0 heterocycles. The maximum Gasteiger partial charge on any atom is 0.0421 e. The average Bonchev–Trinajstić information content (AvgIpc) is 2.27. The van der Waals surface area contributed by atoms with Gasteiger partial charge in [-0.25, -0.2) is 0 Å². The molecule has 0 bridgehead atoms. The van der Waals surface area contributed by atoms with E-state index in [1.54, 1.807) is 0 Å². The lowest BCUT2D eigenvalue weighted by molar-refractivity contribution is 0.636. The van der Waals surface area contributed by atoms with Crippen LogP contribution in [0, 0.1) is 5.92 Å². The van der Waals surface area contributed by atoms with Gasteiger partial charge < -0.3 is 0 Å². The SMILES string of the molecule is CCc1ccc(CC)c(C(Br)C(C)C)c1. The Balaban J connectivity index is 3.11. The van der Waals surface area contributed by atoms with E-state index in [1.165, 1.54) is 16.7 Å². The largest absolute Gasteiger partial charge is 0.0836 e. The quantitative estimate of drug-likeness (QED) is 0.682. The fourth-order valence-electron chi connectivity index (χ4n) is 1.80. The minimum Gasteiger partial charge on any atom is -0.0836 e. The molecule has 1 aromatic carbocycles. The minimum absolute atomic E-state index is 0.485. The summed E-state index contributed by atoms with van der Waals surface area (Å²) in [6, 6.07) is 6.89. The van der Waals surface area contributed by atoms with E-state index in [9.17, 15) is 0 Å². The van der Waals surface area contributed by atoms with Gasteiger partial charge in [0.1, 0.15) is 0 Å². The molecule has 84 valence electrons. The summed E-state index contributed by atoms with van der Waals surface area (Å²) in [7, 11) is 0. The monoisotopic (exact) mass is 268 g/mol. The normalized spacial score (nSPS) is 13.2. The van der Waals surface area contributed by atoms with Gasteiger partial charge in [-0.15, -0.1) is 0 Å². The standard InChI is InChI=1S/C14H21Br/c1-5-11-7-8-12(6-2)13(9-11)14(15)10(3)4/h7-10,14H,5-6H2,1-4H3. The summed E-state index contributed by atoms with van der Waals surface area (Å²) in [5.41, 5.74) is 4.39. The highest BCUT2D eigenvalue weighted by atomic mass is 79.9. The molecule has 0 aliphatic heterocycles. The molecule has 0 amide bonds. The highest BCUT2D eigenvalue weighted by Crippen LogP contribution is 2.33. The highest BCUT2D eigenvalue weighted by Gasteiger charge is 2.15. The van der Waals surface area contributed by atoms with Crippen molar-refractivity contribution in [1.82, 2.24) is 0 Å². The zero-order chi connectivity index (χ0) is 11.4. The molecular formula is C14H21Br. The zero-order valence-corrected chi connectivity index (χ0v) is 11.8. The lowest BCUT2D eigenvalue weighted by Gasteiger charge is -2.18. The summed E-state index contributed by atoms with van der Waals surface area (Å²) in [6.45, 7) is 8.96. The molecule has 0 saturated carbocycles. The third-order valence-electron chi connectivity index (χ3n) is 2.88. The van der Waals surface area contributed by atoms with Crippen LogP contribution in [0.3, 0.4) is 0 Å². The Kier molecular flexibility index (Phi) is 4.85. The third-order valence-corrected chi connectivity index (χ3v) is 4.43. The second-order valence-corrected chi connectivity index (χ2v) is 5.37. The van der Waals surface area contributed by atoms with Crippen LogP contribution in [-0.4, -0.2) is 0 Å². The predicted molar refractivity (Wildman–Crippen MR) is 71.7 cm³/mol. The number of halogens is 1. The van der Waals surface area contributed by atoms with Crippen molar-refractivity contribution in [1.29, 1.82) is 0 Å². The molecule has 0 radical (unpaired) electrons. The summed E-state index contributed by atoms with van der Waals surface area (Å²) >= 11 is 3.81. The first kappa shape index (κ1) is 12.8. The molecule has 15 heavy (non-hydrogen) atoms. The lowest BCUT2D eigenvalue weighted by atomic mass is 9.94. The molecule has 0 nitrogen and oxygen atoms in total. The van der Waals surface area contributed by atoms with E-state index >= 15 is 0 Å². The van der Waals surface area contributed by atoms with Gasteiger partial charge in [-0.3, -0.25) is 0 Å². The van der Waals surface area contributed by atoms with Crippen LogP contribution in [0.25, 0.3) is 0 Å². The van der Waals surface area contributed by atoms with E-state index in [0.717, 1.165) is 12.8 Å². The van der Waals surface area contributed by atoms with Gasteiger partial charge in [-0.2, -0.15) is 0 Å². The van der Waals surface area contributed by atoms with E-state index in [2.05, 4.69) is 61.8 Å².